The second-order valence-corrected chi connectivity index (χ2v) is 8.40. The van der Waals surface area contributed by atoms with Crippen LogP contribution in [0.2, 0.25) is 0 Å². The van der Waals surface area contributed by atoms with Crippen LogP contribution in [0.5, 0.6) is 0 Å². The van der Waals surface area contributed by atoms with Gasteiger partial charge < -0.3 is 19.0 Å². The Bertz CT molecular complexity index is 1240. The minimum atomic E-state index is -0.383. The second kappa shape index (κ2) is 9.27. The molecule has 4 aromatic heterocycles. The molecule has 0 amide bonds. The van der Waals surface area contributed by atoms with Crippen LogP contribution in [0.1, 0.15) is 27.7 Å². The minimum absolute atomic E-state index is 0.0767. The zero-order valence-electron chi connectivity index (χ0n) is 18.9. The third kappa shape index (κ3) is 4.83. The van der Waals surface area contributed by atoms with Crippen molar-refractivity contribution in [3.8, 4) is 0 Å². The number of imidazole rings is 2. The van der Waals surface area contributed by atoms with E-state index in [2.05, 4.69) is 24.7 Å². The van der Waals surface area contributed by atoms with Gasteiger partial charge in [0, 0.05) is 18.5 Å². The SMILES string of the molecule is CC(C)(CO)n1cnc2ncccc21.COC(=O)/C=C/C(C)(C)n1cnc2ncccc21. The zero-order chi connectivity index (χ0) is 23.4. The Morgan fingerprint density at radius 1 is 0.969 bits per heavy atom. The number of aliphatic hydroxyl groups excluding tert-OH is 1. The molecule has 0 aliphatic carbocycles. The minimum Gasteiger partial charge on any atom is -0.466 e. The van der Waals surface area contributed by atoms with Crippen molar-refractivity contribution in [2.24, 2.45) is 0 Å². The summed E-state index contributed by atoms with van der Waals surface area (Å²) in [6, 6.07) is 7.63. The highest BCUT2D eigenvalue weighted by Gasteiger charge is 2.21. The molecule has 168 valence electrons. The van der Waals surface area contributed by atoms with Crippen LogP contribution in [0.25, 0.3) is 22.3 Å². The maximum atomic E-state index is 11.1. The van der Waals surface area contributed by atoms with Crippen LogP contribution in [0, 0.1) is 0 Å². The average Bonchev–Trinajstić information content (AvgIpc) is 3.43. The smallest absolute Gasteiger partial charge is 0.330 e. The fourth-order valence-corrected chi connectivity index (χ4v) is 3.14. The summed E-state index contributed by atoms with van der Waals surface area (Å²) in [6.45, 7) is 7.97. The predicted octanol–water partition coefficient (Wildman–Crippen LogP) is 3.05. The Hall–Kier alpha value is -3.59. The first-order valence-electron chi connectivity index (χ1n) is 10.1. The number of aromatic nitrogens is 6. The molecule has 0 aromatic carbocycles. The summed E-state index contributed by atoms with van der Waals surface area (Å²) in [5.74, 6) is -0.370. The largest absolute Gasteiger partial charge is 0.466 e. The standard InChI is InChI=1S/C13H15N3O2.C10H13N3O/c1-13(2,7-6-11(17)18-3)16-9-15-12-10(16)5-4-8-14-12;1-10(2,6-14)13-7-12-9-8(13)4-3-5-11-9/h4-9H,1-3H3;3-5,7,14H,6H2,1-2H3/b7-6+;. The van der Waals surface area contributed by atoms with E-state index < -0.39 is 0 Å². The van der Waals surface area contributed by atoms with E-state index in [9.17, 15) is 9.90 Å². The Balaban J connectivity index is 0.000000186. The third-order valence-corrected chi connectivity index (χ3v) is 5.13. The number of pyridine rings is 2. The number of hydrogen-bond acceptors (Lipinski definition) is 7. The first-order valence-corrected chi connectivity index (χ1v) is 10.1. The summed E-state index contributed by atoms with van der Waals surface area (Å²) in [4.78, 5) is 27.9. The molecule has 0 bridgehead atoms. The van der Waals surface area contributed by atoms with Crippen molar-refractivity contribution in [1.29, 1.82) is 0 Å². The number of carbonyl (C=O) groups is 1. The van der Waals surface area contributed by atoms with Crippen molar-refractivity contribution in [2.45, 2.75) is 38.8 Å². The normalized spacial score (nSPS) is 12.2. The summed E-state index contributed by atoms with van der Waals surface area (Å²) in [7, 11) is 1.36. The van der Waals surface area contributed by atoms with Crippen LogP contribution in [0.3, 0.4) is 0 Å². The highest BCUT2D eigenvalue weighted by atomic mass is 16.5. The van der Waals surface area contributed by atoms with E-state index >= 15 is 0 Å². The van der Waals surface area contributed by atoms with Crippen molar-refractivity contribution in [1.82, 2.24) is 29.1 Å². The first kappa shape index (κ1) is 23.1. The second-order valence-electron chi connectivity index (χ2n) is 8.40. The average molecular weight is 437 g/mol. The molecule has 9 heteroatoms. The molecule has 0 aliphatic heterocycles. The van der Waals surface area contributed by atoms with Gasteiger partial charge in [-0.3, -0.25) is 0 Å². The Kier molecular flexibility index (Phi) is 6.69. The van der Waals surface area contributed by atoms with Gasteiger partial charge in [0.1, 0.15) is 0 Å². The maximum absolute atomic E-state index is 11.1. The summed E-state index contributed by atoms with van der Waals surface area (Å²) < 4.78 is 8.49. The van der Waals surface area contributed by atoms with Crippen molar-refractivity contribution < 1.29 is 14.6 Å². The highest BCUT2D eigenvalue weighted by molar-refractivity contribution is 5.82. The lowest BCUT2D eigenvalue weighted by Crippen LogP contribution is -2.29. The van der Waals surface area contributed by atoms with Crippen LogP contribution in [-0.2, 0) is 20.6 Å². The Morgan fingerprint density at radius 2 is 1.50 bits per heavy atom. The molecule has 4 aromatic rings. The number of rotatable bonds is 5. The van der Waals surface area contributed by atoms with Gasteiger partial charge in [0.25, 0.3) is 0 Å². The topological polar surface area (TPSA) is 108 Å². The van der Waals surface area contributed by atoms with E-state index in [0.29, 0.717) is 11.3 Å². The van der Waals surface area contributed by atoms with Gasteiger partial charge in [-0.15, -0.1) is 0 Å². The third-order valence-electron chi connectivity index (χ3n) is 5.13. The highest BCUT2D eigenvalue weighted by Crippen LogP contribution is 2.22. The lowest BCUT2D eigenvalue weighted by Gasteiger charge is -2.24. The van der Waals surface area contributed by atoms with Gasteiger partial charge in [0.15, 0.2) is 11.3 Å². The molecular weight excluding hydrogens is 408 g/mol. The maximum Gasteiger partial charge on any atom is 0.330 e. The van der Waals surface area contributed by atoms with Gasteiger partial charge in [-0.1, -0.05) is 6.08 Å². The number of nitrogens with zero attached hydrogens (tertiary/aromatic N) is 6. The van der Waals surface area contributed by atoms with Crippen LogP contribution >= 0.6 is 0 Å². The van der Waals surface area contributed by atoms with E-state index in [1.165, 1.54) is 13.2 Å². The van der Waals surface area contributed by atoms with Crippen molar-refractivity contribution in [3.63, 3.8) is 0 Å². The van der Waals surface area contributed by atoms with Crippen LogP contribution in [0.4, 0.5) is 0 Å². The predicted molar refractivity (Wildman–Crippen MR) is 122 cm³/mol. The lowest BCUT2D eigenvalue weighted by molar-refractivity contribution is -0.134. The molecule has 0 saturated carbocycles. The molecule has 0 aliphatic rings. The van der Waals surface area contributed by atoms with Crippen molar-refractivity contribution in [2.75, 3.05) is 13.7 Å². The molecule has 32 heavy (non-hydrogen) atoms. The Morgan fingerprint density at radius 3 is 2.03 bits per heavy atom. The monoisotopic (exact) mass is 436 g/mol. The number of fused-ring (bicyclic) bond motifs is 2. The molecule has 0 radical (unpaired) electrons. The number of hydrogen-bond donors (Lipinski definition) is 1. The lowest BCUT2D eigenvalue weighted by atomic mass is 10.0. The van der Waals surface area contributed by atoms with Crippen LogP contribution < -0.4 is 0 Å². The van der Waals surface area contributed by atoms with E-state index in [-0.39, 0.29) is 23.7 Å². The van der Waals surface area contributed by atoms with Gasteiger partial charge in [-0.2, -0.15) is 0 Å². The van der Waals surface area contributed by atoms with E-state index in [1.807, 2.05) is 61.1 Å². The molecule has 0 atom stereocenters. The zero-order valence-corrected chi connectivity index (χ0v) is 18.9. The fourth-order valence-electron chi connectivity index (χ4n) is 3.14. The van der Waals surface area contributed by atoms with Gasteiger partial charge in [0.05, 0.1) is 48.5 Å². The van der Waals surface area contributed by atoms with Gasteiger partial charge in [-0.05, 0) is 52.0 Å². The molecule has 4 rings (SSSR count). The van der Waals surface area contributed by atoms with Gasteiger partial charge in [0.2, 0.25) is 0 Å². The van der Waals surface area contributed by atoms with Crippen LogP contribution in [-0.4, -0.2) is 53.9 Å². The molecule has 0 saturated heterocycles. The molecule has 9 nitrogen and oxygen atoms in total. The van der Waals surface area contributed by atoms with Gasteiger partial charge in [-0.25, -0.2) is 24.7 Å². The summed E-state index contributed by atoms with van der Waals surface area (Å²) >= 11 is 0. The molecular formula is C23H28N6O3. The molecule has 0 fully saturated rings. The number of allylic oxidation sites excluding steroid dienone is 1. The van der Waals surface area contributed by atoms with E-state index in [4.69, 9.17) is 0 Å². The van der Waals surface area contributed by atoms with Crippen LogP contribution in [0.15, 0.2) is 61.5 Å². The van der Waals surface area contributed by atoms with Crippen molar-refractivity contribution in [3.05, 3.63) is 61.5 Å². The fraction of sp³-hybridized carbons (Fsp3) is 0.348. The number of ether oxygens (including phenoxy) is 1. The Labute approximate surface area is 186 Å². The number of carbonyl (C=O) groups excluding carboxylic acids is 1. The van der Waals surface area contributed by atoms with Gasteiger partial charge >= 0.3 is 5.97 Å². The number of methoxy groups -OCH3 is 1. The molecule has 1 N–H and O–H groups in total. The van der Waals surface area contributed by atoms with Crippen molar-refractivity contribution >= 4 is 28.3 Å². The number of esters is 1. The summed E-state index contributed by atoms with van der Waals surface area (Å²) in [6.07, 6.45) is 10.1. The quantitative estimate of drug-likeness (QED) is 0.378. The molecule has 4 heterocycles. The van der Waals surface area contributed by atoms with E-state index in [0.717, 1.165) is 11.0 Å². The first-order chi connectivity index (χ1) is 15.2. The number of aliphatic hydroxyl groups is 1. The summed E-state index contributed by atoms with van der Waals surface area (Å²) in [5, 5.41) is 9.26. The molecule has 0 spiro atoms. The molecule has 0 unspecified atom stereocenters. The summed E-state index contributed by atoms with van der Waals surface area (Å²) in [5.41, 5.74) is 2.57. The van der Waals surface area contributed by atoms with E-state index in [1.54, 1.807) is 31.1 Å².